The summed E-state index contributed by atoms with van der Waals surface area (Å²) in [6.07, 6.45) is 0. The van der Waals surface area contributed by atoms with Gasteiger partial charge in [-0.15, -0.1) is 0 Å². The Hall–Kier alpha value is -0.960. The minimum absolute atomic E-state index is 0.0178. The van der Waals surface area contributed by atoms with E-state index in [1.807, 2.05) is 0 Å². The molecule has 0 bridgehead atoms. The fourth-order valence-corrected chi connectivity index (χ4v) is 3.35. The van der Waals surface area contributed by atoms with E-state index in [1.54, 1.807) is 27.7 Å². The van der Waals surface area contributed by atoms with Crippen LogP contribution in [0.1, 0.15) is 38.1 Å². The van der Waals surface area contributed by atoms with Crippen molar-refractivity contribution in [2.75, 3.05) is 6.54 Å². The predicted molar refractivity (Wildman–Crippen MR) is 86.4 cm³/mol. The third-order valence-corrected chi connectivity index (χ3v) is 5.90. The monoisotopic (exact) mass is 393 g/mol. The molecule has 0 unspecified atom stereocenters. The molecular weight excluding hydrogens is 374 g/mol. The van der Waals surface area contributed by atoms with E-state index in [4.69, 9.17) is 5.11 Å². The molecule has 0 fully saturated rings. The maximum Gasteiger partial charge on any atom is 0.336 e. The highest BCUT2D eigenvalue weighted by Crippen LogP contribution is 2.30. The van der Waals surface area contributed by atoms with Gasteiger partial charge in [-0.1, -0.05) is 13.8 Å². The molecule has 0 saturated heterocycles. The van der Waals surface area contributed by atoms with Crippen molar-refractivity contribution in [1.29, 1.82) is 0 Å². The molecule has 0 saturated carbocycles. The molecule has 0 atom stereocenters. The van der Waals surface area contributed by atoms with Crippen molar-refractivity contribution in [2.45, 2.75) is 38.2 Å². The van der Waals surface area contributed by atoms with Gasteiger partial charge < -0.3 is 10.2 Å². The molecule has 0 amide bonds. The van der Waals surface area contributed by atoms with Gasteiger partial charge in [-0.05, 0) is 48.0 Å². The molecule has 1 aromatic rings. The van der Waals surface area contributed by atoms with Crippen molar-refractivity contribution in [3.05, 3.63) is 28.2 Å². The number of hydrogen-bond acceptors (Lipinski definition) is 4. The van der Waals surface area contributed by atoms with E-state index in [0.717, 1.165) is 0 Å². The van der Waals surface area contributed by atoms with E-state index in [1.165, 1.54) is 18.2 Å². The maximum absolute atomic E-state index is 12.3. The highest BCUT2D eigenvalue weighted by atomic mass is 79.9. The van der Waals surface area contributed by atoms with Crippen LogP contribution in [0.2, 0.25) is 0 Å². The van der Waals surface area contributed by atoms with Gasteiger partial charge in [0.2, 0.25) is 10.0 Å². The van der Waals surface area contributed by atoms with Gasteiger partial charge in [0.25, 0.3) is 0 Å². The Bertz CT molecular complexity index is 677. The van der Waals surface area contributed by atoms with Crippen molar-refractivity contribution >= 4 is 31.9 Å². The van der Waals surface area contributed by atoms with Gasteiger partial charge in [-0.25, -0.2) is 17.9 Å². The molecular formula is C14H20BrNO5S. The van der Waals surface area contributed by atoms with E-state index < -0.39 is 27.0 Å². The molecule has 0 aromatic heterocycles. The van der Waals surface area contributed by atoms with E-state index in [0.29, 0.717) is 0 Å². The zero-order chi connectivity index (χ0) is 17.3. The summed E-state index contributed by atoms with van der Waals surface area (Å²) in [5.74, 6) is -1.15. The zero-order valence-electron chi connectivity index (χ0n) is 12.8. The van der Waals surface area contributed by atoms with Crippen LogP contribution >= 0.6 is 15.9 Å². The lowest BCUT2D eigenvalue weighted by molar-refractivity contribution is -0.0311. The second kappa shape index (κ2) is 6.27. The van der Waals surface area contributed by atoms with Gasteiger partial charge in [0.15, 0.2) is 0 Å². The SMILES string of the molecule is CC(C)(O)C(C)(C)CNS(=O)(=O)c1ccc(C(=O)O)c(Br)c1. The lowest BCUT2D eigenvalue weighted by Crippen LogP contribution is -2.47. The first-order chi connectivity index (χ1) is 9.78. The lowest BCUT2D eigenvalue weighted by atomic mass is 9.77. The number of nitrogens with one attached hydrogen (secondary N) is 1. The summed E-state index contributed by atoms with van der Waals surface area (Å²) >= 11 is 3.05. The Morgan fingerprint density at radius 3 is 2.23 bits per heavy atom. The minimum Gasteiger partial charge on any atom is -0.478 e. The summed E-state index contributed by atoms with van der Waals surface area (Å²) in [6, 6.07) is 3.69. The highest BCUT2D eigenvalue weighted by molar-refractivity contribution is 9.10. The van der Waals surface area contributed by atoms with Crippen molar-refractivity contribution < 1.29 is 23.4 Å². The second-order valence-corrected chi connectivity index (χ2v) is 8.84. The van der Waals surface area contributed by atoms with Crippen LogP contribution in [0.25, 0.3) is 0 Å². The van der Waals surface area contributed by atoms with E-state index in [9.17, 15) is 18.3 Å². The third-order valence-electron chi connectivity index (χ3n) is 3.84. The molecule has 6 nitrogen and oxygen atoms in total. The number of aromatic carboxylic acids is 1. The maximum atomic E-state index is 12.3. The molecule has 22 heavy (non-hydrogen) atoms. The Labute approximate surface area is 138 Å². The fourth-order valence-electron chi connectivity index (χ4n) is 1.41. The molecule has 8 heteroatoms. The summed E-state index contributed by atoms with van der Waals surface area (Å²) in [5.41, 5.74) is -1.77. The van der Waals surface area contributed by atoms with Gasteiger partial charge in [-0.2, -0.15) is 0 Å². The summed E-state index contributed by atoms with van der Waals surface area (Å²) < 4.78 is 27.2. The molecule has 0 spiro atoms. The second-order valence-electron chi connectivity index (χ2n) is 6.21. The van der Waals surface area contributed by atoms with Crippen LogP contribution in [0.4, 0.5) is 0 Å². The van der Waals surface area contributed by atoms with Crippen LogP contribution in [-0.4, -0.2) is 36.7 Å². The average Bonchev–Trinajstić information content (AvgIpc) is 2.34. The highest BCUT2D eigenvalue weighted by Gasteiger charge is 2.36. The van der Waals surface area contributed by atoms with Gasteiger partial charge in [-0.3, -0.25) is 0 Å². The molecule has 124 valence electrons. The minimum atomic E-state index is -3.80. The molecule has 0 heterocycles. The smallest absolute Gasteiger partial charge is 0.336 e. The molecule has 0 aliphatic carbocycles. The number of hydrogen-bond donors (Lipinski definition) is 3. The summed E-state index contributed by atoms with van der Waals surface area (Å²) in [4.78, 5) is 10.9. The molecule has 1 rings (SSSR count). The van der Waals surface area contributed by atoms with E-state index >= 15 is 0 Å². The number of benzene rings is 1. The number of carboxylic acid groups (broad SMARTS) is 1. The van der Waals surface area contributed by atoms with Gasteiger partial charge in [0, 0.05) is 16.4 Å². The Morgan fingerprint density at radius 2 is 1.82 bits per heavy atom. The number of sulfonamides is 1. The first kappa shape index (κ1) is 19.1. The van der Waals surface area contributed by atoms with Crippen molar-refractivity contribution in [2.24, 2.45) is 5.41 Å². The number of aliphatic hydroxyl groups is 1. The van der Waals surface area contributed by atoms with E-state index in [-0.39, 0.29) is 21.5 Å². The van der Waals surface area contributed by atoms with Gasteiger partial charge >= 0.3 is 5.97 Å². The predicted octanol–water partition coefficient (Wildman–Crippen LogP) is 2.22. The first-order valence-electron chi connectivity index (χ1n) is 6.53. The zero-order valence-corrected chi connectivity index (χ0v) is 15.2. The Balaban J connectivity index is 3.02. The lowest BCUT2D eigenvalue weighted by Gasteiger charge is -2.37. The van der Waals surface area contributed by atoms with Gasteiger partial charge in [0.05, 0.1) is 16.1 Å². The van der Waals surface area contributed by atoms with Crippen LogP contribution in [0.3, 0.4) is 0 Å². The Kier molecular flexibility index (Phi) is 5.44. The summed E-state index contributed by atoms with van der Waals surface area (Å²) in [6.45, 7) is 6.76. The summed E-state index contributed by atoms with van der Waals surface area (Å²) in [7, 11) is -3.80. The van der Waals surface area contributed by atoms with Crippen LogP contribution in [0.5, 0.6) is 0 Å². The van der Waals surface area contributed by atoms with Crippen molar-refractivity contribution in [3.63, 3.8) is 0 Å². The van der Waals surface area contributed by atoms with Crippen LogP contribution in [0, 0.1) is 5.41 Å². The van der Waals surface area contributed by atoms with Crippen molar-refractivity contribution in [3.8, 4) is 0 Å². The topological polar surface area (TPSA) is 104 Å². The molecule has 3 N–H and O–H groups in total. The van der Waals surface area contributed by atoms with Crippen LogP contribution < -0.4 is 4.72 Å². The largest absolute Gasteiger partial charge is 0.478 e. The van der Waals surface area contributed by atoms with Gasteiger partial charge in [0.1, 0.15) is 0 Å². The Morgan fingerprint density at radius 1 is 1.27 bits per heavy atom. The number of rotatable bonds is 6. The van der Waals surface area contributed by atoms with E-state index in [2.05, 4.69) is 20.7 Å². The number of carbonyl (C=O) groups is 1. The first-order valence-corrected chi connectivity index (χ1v) is 8.80. The average molecular weight is 394 g/mol. The summed E-state index contributed by atoms with van der Waals surface area (Å²) in [5, 5.41) is 19.0. The normalized spacial score (nSPS) is 13.2. The number of halogens is 1. The molecule has 0 radical (unpaired) electrons. The molecule has 0 aliphatic heterocycles. The quantitative estimate of drug-likeness (QED) is 0.687. The van der Waals surface area contributed by atoms with Crippen LogP contribution in [0.15, 0.2) is 27.6 Å². The standard InChI is InChI=1S/C14H20BrNO5S/c1-13(2,14(3,4)19)8-16-22(20,21)9-5-6-10(12(17)18)11(15)7-9/h5-7,16,19H,8H2,1-4H3,(H,17,18). The number of carboxylic acids is 1. The molecule has 0 aliphatic rings. The fraction of sp³-hybridized carbons (Fsp3) is 0.500. The van der Waals surface area contributed by atoms with Crippen LogP contribution in [-0.2, 0) is 10.0 Å². The third kappa shape index (κ3) is 4.28. The molecule has 1 aromatic carbocycles. The van der Waals surface area contributed by atoms with Crippen molar-refractivity contribution in [1.82, 2.24) is 4.72 Å².